The molecule has 1 aliphatic carbocycles. The number of hydrogen-bond donors (Lipinski definition) is 0. The van der Waals surface area contributed by atoms with Gasteiger partial charge in [-0.25, -0.2) is 4.98 Å². The monoisotopic (exact) mass is 317 g/mol. The number of fused-ring (bicyclic) bond motifs is 1. The molecule has 1 heterocycles. The molecule has 0 N–H and O–H groups in total. The molecule has 0 saturated heterocycles. The van der Waals surface area contributed by atoms with Gasteiger partial charge in [-0.15, -0.1) is 0 Å². The predicted molar refractivity (Wildman–Crippen MR) is 80.0 cm³/mol. The van der Waals surface area contributed by atoms with E-state index in [-0.39, 0.29) is 0 Å². The second-order valence-corrected chi connectivity index (χ2v) is 5.40. The fraction of sp³-hybridized carbons (Fsp3) is 0.312. The molecular weight excluding hydrogens is 302 g/mol. The molecule has 2 nitrogen and oxygen atoms in total. The summed E-state index contributed by atoms with van der Waals surface area (Å²) in [7, 11) is 0. The van der Waals surface area contributed by atoms with Crippen LogP contribution in [0.15, 0.2) is 36.5 Å². The van der Waals surface area contributed by atoms with Gasteiger partial charge in [-0.1, -0.05) is 28.1 Å². The molecular formula is C16H16BrNO. The van der Waals surface area contributed by atoms with Crippen molar-refractivity contribution in [2.75, 3.05) is 0 Å². The van der Waals surface area contributed by atoms with Gasteiger partial charge in [0.25, 0.3) is 0 Å². The van der Waals surface area contributed by atoms with Gasteiger partial charge >= 0.3 is 0 Å². The van der Waals surface area contributed by atoms with E-state index in [9.17, 15) is 0 Å². The number of aryl methyl sites for hydroxylation is 2. The van der Waals surface area contributed by atoms with Crippen LogP contribution in [0.1, 0.15) is 29.5 Å². The highest BCUT2D eigenvalue weighted by atomic mass is 79.9. The molecule has 1 aromatic carbocycles. The van der Waals surface area contributed by atoms with Gasteiger partial charge in [0.2, 0.25) is 5.88 Å². The van der Waals surface area contributed by atoms with Gasteiger partial charge in [0.15, 0.2) is 0 Å². The Morgan fingerprint density at radius 3 is 2.79 bits per heavy atom. The zero-order chi connectivity index (χ0) is 13.1. The molecule has 0 radical (unpaired) electrons. The van der Waals surface area contributed by atoms with Gasteiger partial charge in [-0.05, 0) is 55.0 Å². The largest absolute Gasteiger partial charge is 0.439 e. The van der Waals surface area contributed by atoms with Gasteiger partial charge in [0, 0.05) is 17.1 Å². The molecule has 2 aromatic rings. The first-order chi connectivity index (χ1) is 9.36. The first kappa shape index (κ1) is 12.7. The Bertz CT molecular complexity index is 583. The van der Waals surface area contributed by atoms with Gasteiger partial charge < -0.3 is 4.74 Å². The minimum absolute atomic E-state index is 0.690. The highest BCUT2D eigenvalue weighted by Gasteiger charge is 2.11. The maximum absolute atomic E-state index is 5.93. The van der Waals surface area contributed by atoms with Crippen molar-refractivity contribution in [3.05, 3.63) is 53.2 Å². The third-order valence-electron chi connectivity index (χ3n) is 3.53. The van der Waals surface area contributed by atoms with E-state index in [1.54, 1.807) is 6.20 Å². The molecule has 0 atom stereocenters. The Hall–Kier alpha value is -1.35. The Morgan fingerprint density at radius 1 is 1.11 bits per heavy atom. The van der Waals surface area contributed by atoms with Crippen LogP contribution in [0.25, 0.3) is 0 Å². The minimum Gasteiger partial charge on any atom is -0.439 e. The average Bonchev–Trinajstić information content (AvgIpc) is 2.48. The molecule has 1 aromatic heterocycles. The van der Waals surface area contributed by atoms with Crippen molar-refractivity contribution in [2.45, 2.75) is 31.0 Å². The van der Waals surface area contributed by atoms with Crippen molar-refractivity contribution < 1.29 is 4.74 Å². The van der Waals surface area contributed by atoms with E-state index in [2.05, 4.69) is 39.1 Å². The van der Waals surface area contributed by atoms with Crippen molar-refractivity contribution in [3.8, 4) is 11.6 Å². The highest BCUT2D eigenvalue weighted by molar-refractivity contribution is 9.08. The average molecular weight is 318 g/mol. The van der Waals surface area contributed by atoms with Gasteiger partial charge in [-0.3, -0.25) is 0 Å². The molecule has 0 saturated carbocycles. The highest BCUT2D eigenvalue weighted by Crippen LogP contribution is 2.29. The number of ether oxygens (including phenoxy) is 1. The van der Waals surface area contributed by atoms with E-state index in [1.165, 1.54) is 36.8 Å². The summed E-state index contributed by atoms with van der Waals surface area (Å²) >= 11 is 3.46. The van der Waals surface area contributed by atoms with E-state index < -0.39 is 0 Å². The summed E-state index contributed by atoms with van der Waals surface area (Å²) in [4.78, 5) is 4.30. The molecule has 0 fully saturated rings. The molecule has 98 valence electrons. The molecule has 3 rings (SSSR count). The van der Waals surface area contributed by atoms with Crippen LogP contribution < -0.4 is 4.74 Å². The number of hydrogen-bond acceptors (Lipinski definition) is 2. The summed E-state index contributed by atoms with van der Waals surface area (Å²) < 4.78 is 5.93. The number of benzene rings is 1. The van der Waals surface area contributed by atoms with E-state index in [0.717, 1.165) is 16.6 Å². The maximum atomic E-state index is 5.93. The van der Waals surface area contributed by atoms with Crippen molar-refractivity contribution in [2.24, 2.45) is 0 Å². The Labute approximate surface area is 122 Å². The van der Waals surface area contributed by atoms with Crippen molar-refractivity contribution in [1.29, 1.82) is 0 Å². The van der Waals surface area contributed by atoms with E-state index >= 15 is 0 Å². The van der Waals surface area contributed by atoms with Crippen LogP contribution in [0.2, 0.25) is 0 Å². The van der Waals surface area contributed by atoms with Crippen molar-refractivity contribution >= 4 is 15.9 Å². The summed E-state index contributed by atoms with van der Waals surface area (Å²) in [5.41, 5.74) is 3.97. The molecule has 19 heavy (non-hydrogen) atoms. The third kappa shape index (κ3) is 2.81. The smallest absolute Gasteiger partial charge is 0.223 e. The van der Waals surface area contributed by atoms with Crippen LogP contribution in [0, 0.1) is 0 Å². The molecule has 3 heteroatoms. The minimum atomic E-state index is 0.690. The summed E-state index contributed by atoms with van der Waals surface area (Å²) in [6.45, 7) is 0. The lowest BCUT2D eigenvalue weighted by Crippen LogP contribution is -2.02. The van der Waals surface area contributed by atoms with E-state index in [1.807, 2.05) is 12.1 Å². The van der Waals surface area contributed by atoms with Crippen LogP contribution in [-0.4, -0.2) is 4.98 Å². The quantitative estimate of drug-likeness (QED) is 0.769. The molecule has 0 spiro atoms. The van der Waals surface area contributed by atoms with E-state index in [4.69, 9.17) is 4.74 Å². The van der Waals surface area contributed by atoms with Gasteiger partial charge in [0.05, 0.1) is 0 Å². The normalized spacial score (nSPS) is 13.9. The fourth-order valence-corrected chi connectivity index (χ4v) is 2.93. The lowest BCUT2D eigenvalue weighted by atomic mass is 9.92. The fourth-order valence-electron chi connectivity index (χ4n) is 2.50. The lowest BCUT2D eigenvalue weighted by Gasteiger charge is -2.17. The lowest BCUT2D eigenvalue weighted by molar-refractivity contribution is 0.457. The summed E-state index contributed by atoms with van der Waals surface area (Å²) in [6.07, 6.45) is 6.72. The molecule has 0 unspecified atom stereocenters. The summed E-state index contributed by atoms with van der Waals surface area (Å²) in [5, 5.41) is 0.751. The summed E-state index contributed by atoms with van der Waals surface area (Å²) in [5.74, 6) is 1.58. The van der Waals surface area contributed by atoms with Crippen LogP contribution in [0.3, 0.4) is 0 Å². The second kappa shape index (κ2) is 5.74. The first-order valence-corrected chi connectivity index (χ1v) is 7.78. The Balaban J connectivity index is 1.87. The SMILES string of the molecule is BrCc1cccnc1Oc1ccc2c(c1)CCCC2. The summed E-state index contributed by atoms with van der Waals surface area (Å²) in [6, 6.07) is 10.4. The first-order valence-electron chi connectivity index (χ1n) is 6.66. The van der Waals surface area contributed by atoms with Crippen LogP contribution in [-0.2, 0) is 18.2 Å². The predicted octanol–water partition coefficient (Wildman–Crippen LogP) is 4.65. The number of halogens is 1. The Morgan fingerprint density at radius 2 is 1.95 bits per heavy atom. The van der Waals surface area contributed by atoms with Crippen molar-refractivity contribution in [1.82, 2.24) is 4.98 Å². The van der Waals surface area contributed by atoms with Crippen LogP contribution >= 0.6 is 15.9 Å². The van der Waals surface area contributed by atoms with Crippen LogP contribution in [0.4, 0.5) is 0 Å². The number of nitrogens with zero attached hydrogens (tertiary/aromatic N) is 1. The van der Waals surface area contributed by atoms with Crippen LogP contribution in [0.5, 0.6) is 11.6 Å². The van der Waals surface area contributed by atoms with Gasteiger partial charge in [0.1, 0.15) is 5.75 Å². The molecule has 1 aliphatic rings. The number of alkyl halides is 1. The number of rotatable bonds is 3. The zero-order valence-electron chi connectivity index (χ0n) is 10.7. The van der Waals surface area contributed by atoms with Gasteiger partial charge in [-0.2, -0.15) is 0 Å². The maximum Gasteiger partial charge on any atom is 0.223 e. The van der Waals surface area contributed by atoms with E-state index in [0.29, 0.717) is 5.88 Å². The standard InChI is InChI=1S/C16H16BrNO/c17-11-14-6-3-9-18-16(14)19-15-8-7-12-4-1-2-5-13(12)10-15/h3,6-10H,1-2,4-5,11H2. The Kier molecular flexibility index (Phi) is 3.83. The topological polar surface area (TPSA) is 22.1 Å². The third-order valence-corrected chi connectivity index (χ3v) is 4.13. The number of pyridine rings is 1. The molecule has 0 aliphatic heterocycles. The molecule has 0 bridgehead atoms. The van der Waals surface area contributed by atoms with Crippen molar-refractivity contribution in [3.63, 3.8) is 0 Å². The molecule has 0 amide bonds. The number of aromatic nitrogens is 1. The zero-order valence-corrected chi connectivity index (χ0v) is 12.3. The second-order valence-electron chi connectivity index (χ2n) is 4.84.